The van der Waals surface area contributed by atoms with E-state index in [1.54, 1.807) is 18.7 Å². The van der Waals surface area contributed by atoms with Crippen molar-refractivity contribution < 1.29 is 22.7 Å². The second-order valence-electron chi connectivity index (χ2n) is 7.02. The van der Waals surface area contributed by atoms with Crippen molar-refractivity contribution in [3.05, 3.63) is 28.8 Å². The summed E-state index contributed by atoms with van der Waals surface area (Å²) in [7, 11) is -3.84. The van der Waals surface area contributed by atoms with Crippen LogP contribution in [0.4, 0.5) is 0 Å². The number of nitrogens with zero attached hydrogens (tertiary/aromatic N) is 2. The number of carbonyl (C=O) groups is 2. The highest BCUT2D eigenvalue weighted by atomic mass is 35.5. The second-order valence-corrected chi connectivity index (χ2v) is 9.34. The Morgan fingerprint density at radius 2 is 1.72 bits per heavy atom. The molecule has 0 unspecified atom stereocenters. The summed E-state index contributed by atoms with van der Waals surface area (Å²) in [4.78, 5) is 26.7. The first kappa shape index (κ1) is 23.6. The Balaban J connectivity index is 2.18. The van der Waals surface area contributed by atoms with Crippen molar-refractivity contribution in [3.8, 4) is 0 Å². The van der Waals surface area contributed by atoms with Gasteiger partial charge in [-0.05, 0) is 38.0 Å². The van der Waals surface area contributed by atoms with Crippen LogP contribution in [0.1, 0.15) is 56.8 Å². The fourth-order valence-corrected chi connectivity index (χ4v) is 5.32. The lowest BCUT2D eigenvalue weighted by molar-refractivity contribution is -0.139. The summed E-state index contributed by atoms with van der Waals surface area (Å²) in [6.45, 7) is 6.87. The summed E-state index contributed by atoms with van der Waals surface area (Å²) in [5, 5.41) is 0.0298. The summed E-state index contributed by atoms with van der Waals surface area (Å²) in [5.41, 5.74) is 0.0376. The number of benzene rings is 1. The minimum Gasteiger partial charge on any atom is -0.449 e. The van der Waals surface area contributed by atoms with Crippen LogP contribution < -0.4 is 0 Å². The third-order valence-electron chi connectivity index (χ3n) is 5.04. The van der Waals surface area contributed by atoms with Gasteiger partial charge in [0, 0.05) is 26.2 Å². The van der Waals surface area contributed by atoms with Gasteiger partial charge in [-0.3, -0.25) is 4.79 Å². The number of halogens is 1. The maximum atomic E-state index is 12.8. The molecule has 1 atom stereocenters. The first-order valence-corrected chi connectivity index (χ1v) is 11.8. The van der Waals surface area contributed by atoms with E-state index in [9.17, 15) is 18.0 Å². The third kappa shape index (κ3) is 5.71. The first-order valence-electron chi connectivity index (χ1n) is 10.0. The molecule has 1 aromatic rings. The van der Waals surface area contributed by atoms with Crippen molar-refractivity contribution >= 4 is 33.5 Å². The number of hydrogen-bond donors (Lipinski definition) is 0. The van der Waals surface area contributed by atoms with Crippen molar-refractivity contribution in [2.45, 2.75) is 57.5 Å². The summed E-state index contributed by atoms with van der Waals surface area (Å²) in [6.07, 6.45) is 3.12. The molecule has 29 heavy (non-hydrogen) atoms. The highest BCUT2D eigenvalue weighted by molar-refractivity contribution is 7.89. The van der Waals surface area contributed by atoms with E-state index in [2.05, 4.69) is 0 Å². The molecule has 2 rings (SSSR count). The van der Waals surface area contributed by atoms with E-state index in [0.29, 0.717) is 13.1 Å². The summed E-state index contributed by atoms with van der Waals surface area (Å²) < 4.78 is 32.2. The molecule has 1 saturated heterocycles. The number of likely N-dealkylation sites (tertiary alicyclic amines) is 1. The van der Waals surface area contributed by atoms with Crippen LogP contribution in [-0.2, 0) is 19.6 Å². The molecule has 0 N–H and O–H groups in total. The van der Waals surface area contributed by atoms with E-state index in [1.807, 2.05) is 0 Å². The molecule has 1 heterocycles. The zero-order valence-electron chi connectivity index (χ0n) is 17.2. The minimum atomic E-state index is -3.84. The third-order valence-corrected chi connectivity index (χ3v) is 7.57. The van der Waals surface area contributed by atoms with Gasteiger partial charge >= 0.3 is 5.97 Å². The Kier molecular flexibility index (Phi) is 8.48. The van der Waals surface area contributed by atoms with Crippen LogP contribution in [0.3, 0.4) is 0 Å². The average molecular weight is 445 g/mol. The Labute approximate surface area is 178 Å². The van der Waals surface area contributed by atoms with Crippen molar-refractivity contribution in [3.63, 3.8) is 0 Å². The monoisotopic (exact) mass is 444 g/mol. The maximum Gasteiger partial charge on any atom is 0.338 e. The predicted molar refractivity (Wildman–Crippen MR) is 111 cm³/mol. The Hall–Kier alpha value is -1.64. The summed E-state index contributed by atoms with van der Waals surface area (Å²) >= 11 is 6.10. The number of sulfonamides is 1. The van der Waals surface area contributed by atoms with Gasteiger partial charge in [0.25, 0.3) is 5.91 Å². The lowest BCUT2D eigenvalue weighted by Gasteiger charge is -2.24. The normalized spacial score (nSPS) is 16.4. The molecular weight excluding hydrogens is 416 g/mol. The number of rotatable bonds is 7. The second kappa shape index (κ2) is 10.4. The molecule has 1 aromatic carbocycles. The molecule has 162 valence electrons. The quantitative estimate of drug-likeness (QED) is 0.602. The number of carbonyl (C=O) groups excluding carboxylic acids is 2. The van der Waals surface area contributed by atoms with Crippen molar-refractivity contribution in [2.24, 2.45) is 0 Å². The predicted octanol–water partition coefficient (Wildman–Crippen LogP) is 3.32. The van der Waals surface area contributed by atoms with Crippen LogP contribution in [0.15, 0.2) is 23.1 Å². The maximum absolute atomic E-state index is 12.8. The zero-order chi connectivity index (χ0) is 21.6. The van der Waals surface area contributed by atoms with Crippen LogP contribution >= 0.6 is 11.6 Å². The molecule has 0 aliphatic carbocycles. The molecule has 1 amide bonds. The van der Waals surface area contributed by atoms with E-state index in [-0.39, 0.29) is 34.5 Å². The Morgan fingerprint density at radius 1 is 1.14 bits per heavy atom. The zero-order valence-corrected chi connectivity index (χ0v) is 18.8. The standard InChI is InChI=1S/C20H29ClN2O5S/c1-4-23(5-2)29(26,27)18-14-16(10-11-17(18)21)20(25)28-15(3)19(24)22-12-8-6-7-9-13-22/h10-11,14-15H,4-9,12-13H2,1-3H3/t15-/m0/s1. The van der Waals surface area contributed by atoms with Crippen LogP contribution in [0, 0.1) is 0 Å². The average Bonchev–Trinajstić information content (AvgIpc) is 2.97. The van der Waals surface area contributed by atoms with Crippen molar-refractivity contribution in [1.82, 2.24) is 9.21 Å². The molecule has 0 bridgehead atoms. The largest absolute Gasteiger partial charge is 0.449 e. The molecule has 1 fully saturated rings. The topological polar surface area (TPSA) is 84.0 Å². The van der Waals surface area contributed by atoms with Gasteiger partial charge in [-0.25, -0.2) is 13.2 Å². The smallest absolute Gasteiger partial charge is 0.338 e. The Bertz CT molecular complexity index is 831. The van der Waals surface area contributed by atoms with E-state index >= 15 is 0 Å². The van der Waals surface area contributed by atoms with Crippen molar-refractivity contribution in [1.29, 1.82) is 0 Å². The van der Waals surface area contributed by atoms with Gasteiger partial charge < -0.3 is 9.64 Å². The lowest BCUT2D eigenvalue weighted by Crippen LogP contribution is -2.40. The summed E-state index contributed by atoms with van der Waals surface area (Å²) in [6, 6.07) is 3.96. The molecule has 1 aliphatic heterocycles. The van der Waals surface area contributed by atoms with Crippen molar-refractivity contribution in [2.75, 3.05) is 26.2 Å². The Morgan fingerprint density at radius 3 is 2.28 bits per heavy atom. The van der Waals surface area contributed by atoms with Gasteiger partial charge in [-0.15, -0.1) is 0 Å². The van der Waals surface area contributed by atoms with Gasteiger partial charge in [0.1, 0.15) is 4.90 Å². The molecule has 0 aromatic heterocycles. The number of ether oxygens (including phenoxy) is 1. The first-order chi connectivity index (χ1) is 13.7. The highest BCUT2D eigenvalue weighted by Gasteiger charge is 2.28. The molecule has 0 spiro atoms. The summed E-state index contributed by atoms with van der Waals surface area (Å²) in [5.74, 6) is -0.987. The molecule has 0 radical (unpaired) electrons. The molecule has 1 aliphatic rings. The fourth-order valence-electron chi connectivity index (χ4n) is 3.36. The van der Waals surface area contributed by atoms with E-state index in [0.717, 1.165) is 25.7 Å². The molecule has 7 nitrogen and oxygen atoms in total. The van der Waals surface area contributed by atoms with Crippen LogP contribution in [0.5, 0.6) is 0 Å². The fraction of sp³-hybridized carbons (Fsp3) is 0.600. The van der Waals surface area contributed by atoms with Gasteiger partial charge in [0.15, 0.2) is 6.10 Å². The molecule has 0 saturated carbocycles. The SMILES string of the molecule is CCN(CC)S(=O)(=O)c1cc(C(=O)O[C@@H](C)C(=O)N2CCCCCC2)ccc1Cl. The van der Waals surface area contributed by atoms with E-state index in [4.69, 9.17) is 16.3 Å². The number of amides is 1. The van der Waals surface area contributed by atoms with Gasteiger partial charge in [0.05, 0.1) is 10.6 Å². The van der Waals surface area contributed by atoms with E-state index in [1.165, 1.54) is 29.4 Å². The van der Waals surface area contributed by atoms with E-state index < -0.39 is 22.1 Å². The van der Waals surface area contributed by atoms with Crippen LogP contribution in [0.25, 0.3) is 0 Å². The van der Waals surface area contributed by atoms with Gasteiger partial charge in [0.2, 0.25) is 10.0 Å². The number of esters is 1. The minimum absolute atomic E-state index is 0.0298. The molecule has 9 heteroatoms. The lowest BCUT2D eigenvalue weighted by atomic mass is 10.2. The number of hydrogen-bond acceptors (Lipinski definition) is 5. The molecular formula is C20H29ClN2O5S. The van der Waals surface area contributed by atoms with Gasteiger partial charge in [-0.2, -0.15) is 4.31 Å². The van der Waals surface area contributed by atoms with Crippen LogP contribution in [0.2, 0.25) is 5.02 Å². The highest BCUT2D eigenvalue weighted by Crippen LogP contribution is 2.26. The van der Waals surface area contributed by atoms with Crippen LogP contribution in [-0.4, -0.2) is 61.8 Å². The van der Waals surface area contributed by atoms with Gasteiger partial charge in [-0.1, -0.05) is 38.3 Å².